The van der Waals surface area contributed by atoms with Gasteiger partial charge in [-0.1, -0.05) is 71.9 Å². The second-order valence-corrected chi connectivity index (χ2v) is 10.1. The molecule has 0 radical (unpaired) electrons. The number of amidine groups is 1. The summed E-state index contributed by atoms with van der Waals surface area (Å²) in [6.45, 7) is 7.57. The quantitative estimate of drug-likeness (QED) is 0.389. The predicted octanol–water partition coefficient (Wildman–Crippen LogP) is 6.87. The molecule has 1 amide bonds. The zero-order chi connectivity index (χ0) is 22.9. The van der Waals surface area contributed by atoms with Gasteiger partial charge in [0.15, 0.2) is 5.17 Å². The van der Waals surface area contributed by atoms with E-state index in [2.05, 4.69) is 62.1 Å². The summed E-state index contributed by atoms with van der Waals surface area (Å²) in [5, 5.41) is 1.73. The molecule has 2 aliphatic heterocycles. The van der Waals surface area contributed by atoms with Crippen LogP contribution in [0.15, 0.2) is 92.6 Å². The summed E-state index contributed by atoms with van der Waals surface area (Å²) in [5.41, 5.74) is 5.45. The van der Waals surface area contributed by atoms with Crippen molar-refractivity contribution in [3.63, 3.8) is 0 Å². The van der Waals surface area contributed by atoms with Crippen molar-refractivity contribution < 1.29 is 4.79 Å². The van der Waals surface area contributed by atoms with Crippen LogP contribution in [0.1, 0.15) is 23.6 Å². The molecule has 0 N–H and O–H groups in total. The average Bonchev–Trinajstić information content (AvgIpc) is 3.34. The van der Waals surface area contributed by atoms with Crippen LogP contribution in [-0.4, -0.2) is 22.5 Å². The molecule has 3 aromatic carbocycles. The number of aliphatic imine (C=N–C) groups is 1. The number of amides is 1. The molecule has 0 atom stereocenters. The van der Waals surface area contributed by atoms with E-state index in [4.69, 9.17) is 4.99 Å². The highest BCUT2D eigenvalue weighted by Gasteiger charge is 2.39. The standard InChI is InChI=1S/C27H25N3OS2/c1-4-29-22-12-8-9-13-23(22)32-26(29)24-25(31)30(17-20-10-6-5-7-11-20)27(33-24)28-21-15-14-18(2)16-19(21)3/h5-16H,4,17H2,1-3H3/b26-24-,28-27?. The molecule has 1 fully saturated rings. The zero-order valence-electron chi connectivity index (χ0n) is 18.9. The van der Waals surface area contributed by atoms with Crippen LogP contribution in [0, 0.1) is 13.8 Å². The molecule has 0 aliphatic carbocycles. The Morgan fingerprint density at radius 3 is 2.39 bits per heavy atom. The molecule has 0 bridgehead atoms. The van der Waals surface area contributed by atoms with Crippen LogP contribution in [-0.2, 0) is 11.3 Å². The summed E-state index contributed by atoms with van der Waals surface area (Å²) < 4.78 is 0. The van der Waals surface area contributed by atoms with Gasteiger partial charge < -0.3 is 4.90 Å². The van der Waals surface area contributed by atoms with Gasteiger partial charge in [0.2, 0.25) is 0 Å². The first-order valence-electron chi connectivity index (χ1n) is 11.0. The van der Waals surface area contributed by atoms with Crippen LogP contribution >= 0.6 is 23.5 Å². The number of nitrogens with zero attached hydrogens (tertiary/aromatic N) is 3. The van der Waals surface area contributed by atoms with Gasteiger partial charge >= 0.3 is 0 Å². The molecule has 166 valence electrons. The summed E-state index contributed by atoms with van der Waals surface area (Å²) >= 11 is 3.16. The third-order valence-corrected chi connectivity index (χ3v) is 8.11. The Hall–Kier alpha value is -2.96. The second kappa shape index (κ2) is 9.12. The van der Waals surface area contributed by atoms with E-state index in [0.717, 1.165) is 44.1 Å². The van der Waals surface area contributed by atoms with E-state index in [-0.39, 0.29) is 5.91 Å². The van der Waals surface area contributed by atoms with E-state index in [1.165, 1.54) is 22.2 Å². The third-order valence-electron chi connectivity index (χ3n) is 5.73. The SMILES string of the molecule is CCN1/C(=C2/SC(=Nc3ccc(C)cc3C)N(Cc3ccccc3)C2=O)Sc2ccccc21. The number of para-hydroxylation sites is 1. The fraction of sp³-hybridized carbons (Fsp3) is 0.185. The summed E-state index contributed by atoms with van der Waals surface area (Å²) in [4.78, 5) is 24.7. The molecule has 4 nitrogen and oxygen atoms in total. The molecule has 5 rings (SSSR count). The molecule has 33 heavy (non-hydrogen) atoms. The fourth-order valence-electron chi connectivity index (χ4n) is 4.08. The lowest BCUT2D eigenvalue weighted by Crippen LogP contribution is -2.29. The Morgan fingerprint density at radius 1 is 0.879 bits per heavy atom. The minimum atomic E-state index is 0.0149. The van der Waals surface area contributed by atoms with E-state index in [1.807, 2.05) is 41.3 Å². The number of hydrogen-bond acceptors (Lipinski definition) is 5. The normalized spacial score (nSPS) is 19.0. The molecular weight excluding hydrogens is 446 g/mol. The van der Waals surface area contributed by atoms with E-state index in [1.54, 1.807) is 11.8 Å². The van der Waals surface area contributed by atoms with Crippen molar-refractivity contribution in [2.24, 2.45) is 4.99 Å². The highest BCUT2D eigenvalue weighted by atomic mass is 32.2. The van der Waals surface area contributed by atoms with E-state index in [9.17, 15) is 4.79 Å². The van der Waals surface area contributed by atoms with Crippen molar-refractivity contribution in [1.29, 1.82) is 0 Å². The Bertz CT molecular complexity index is 1280. The Morgan fingerprint density at radius 2 is 1.64 bits per heavy atom. The number of aryl methyl sites for hydroxylation is 2. The van der Waals surface area contributed by atoms with Crippen LogP contribution in [0.5, 0.6) is 0 Å². The maximum atomic E-state index is 13.8. The van der Waals surface area contributed by atoms with Crippen LogP contribution in [0.2, 0.25) is 0 Å². The topological polar surface area (TPSA) is 35.9 Å². The van der Waals surface area contributed by atoms with Gasteiger partial charge in [-0.2, -0.15) is 0 Å². The van der Waals surface area contributed by atoms with Crippen molar-refractivity contribution in [2.75, 3.05) is 11.4 Å². The first-order valence-corrected chi connectivity index (χ1v) is 12.7. The summed E-state index contributed by atoms with van der Waals surface area (Å²) in [6.07, 6.45) is 0. The molecule has 0 aromatic heterocycles. The van der Waals surface area contributed by atoms with Gasteiger partial charge in [-0.25, -0.2) is 4.99 Å². The van der Waals surface area contributed by atoms with Gasteiger partial charge in [0, 0.05) is 11.4 Å². The van der Waals surface area contributed by atoms with Gasteiger partial charge in [-0.3, -0.25) is 9.69 Å². The minimum Gasteiger partial charge on any atom is -0.334 e. The van der Waals surface area contributed by atoms with E-state index in [0.29, 0.717) is 6.54 Å². The van der Waals surface area contributed by atoms with Gasteiger partial charge in [-0.05, 0) is 61.9 Å². The zero-order valence-corrected chi connectivity index (χ0v) is 20.5. The second-order valence-electron chi connectivity index (χ2n) is 8.11. The van der Waals surface area contributed by atoms with Gasteiger partial charge in [0.1, 0.15) is 9.93 Å². The van der Waals surface area contributed by atoms with Gasteiger partial charge in [0.05, 0.1) is 17.9 Å². The highest BCUT2D eigenvalue weighted by molar-refractivity contribution is 8.19. The first kappa shape index (κ1) is 21.9. The Labute approximate surface area is 203 Å². The molecule has 2 aliphatic rings. The molecular formula is C27H25N3OS2. The van der Waals surface area contributed by atoms with Crippen molar-refractivity contribution >= 4 is 46.0 Å². The summed E-state index contributed by atoms with van der Waals surface area (Å²) in [5.74, 6) is 0.0149. The minimum absolute atomic E-state index is 0.0149. The molecule has 0 unspecified atom stereocenters. The number of hydrogen-bond donors (Lipinski definition) is 0. The number of benzene rings is 3. The van der Waals surface area contributed by atoms with Crippen molar-refractivity contribution in [2.45, 2.75) is 32.2 Å². The summed E-state index contributed by atoms with van der Waals surface area (Å²) in [6, 6.07) is 24.7. The first-order chi connectivity index (χ1) is 16.0. The molecule has 0 spiro atoms. The van der Waals surface area contributed by atoms with Crippen molar-refractivity contribution in [1.82, 2.24) is 4.90 Å². The molecule has 6 heteroatoms. The van der Waals surface area contributed by atoms with Crippen LogP contribution in [0.4, 0.5) is 11.4 Å². The smallest absolute Gasteiger partial charge is 0.269 e. The maximum absolute atomic E-state index is 13.8. The molecule has 1 saturated heterocycles. The van der Waals surface area contributed by atoms with Gasteiger partial charge in [0.25, 0.3) is 5.91 Å². The van der Waals surface area contributed by atoms with Crippen LogP contribution < -0.4 is 4.90 Å². The average molecular weight is 472 g/mol. The molecule has 3 aromatic rings. The monoisotopic (exact) mass is 471 g/mol. The summed E-state index contributed by atoms with van der Waals surface area (Å²) in [7, 11) is 0. The Kier molecular flexibility index (Phi) is 6.04. The predicted molar refractivity (Wildman–Crippen MR) is 140 cm³/mol. The largest absolute Gasteiger partial charge is 0.334 e. The van der Waals surface area contributed by atoms with Crippen LogP contribution in [0.3, 0.4) is 0 Å². The lowest BCUT2D eigenvalue weighted by molar-refractivity contribution is -0.122. The lowest BCUT2D eigenvalue weighted by atomic mass is 10.1. The lowest BCUT2D eigenvalue weighted by Gasteiger charge is -2.19. The molecule has 2 heterocycles. The van der Waals surface area contributed by atoms with Crippen LogP contribution in [0.25, 0.3) is 0 Å². The third kappa shape index (κ3) is 4.21. The maximum Gasteiger partial charge on any atom is 0.269 e. The number of rotatable bonds is 4. The van der Waals surface area contributed by atoms with E-state index < -0.39 is 0 Å². The van der Waals surface area contributed by atoms with Crippen molar-refractivity contribution in [3.05, 3.63) is 99.4 Å². The number of carbonyl (C=O) groups is 1. The van der Waals surface area contributed by atoms with Gasteiger partial charge in [-0.15, -0.1) is 0 Å². The Balaban J connectivity index is 1.58. The molecule has 0 saturated carbocycles. The number of fused-ring (bicyclic) bond motifs is 1. The number of thioether (sulfide) groups is 2. The number of anilines is 1. The fourth-order valence-corrected chi connectivity index (χ4v) is 6.46. The van der Waals surface area contributed by atoms with E-state index >= 15 is 0 Å². The highest BCUT2D eigenvalue weighted by Crippen LogP contribution is 2.50. The number of carbonyl (C=O) groups excluding carboxylic acids is 1. The van der Waals surface area contributed by atoms with Crippen molar-refractivity contribution in [3.8, 4) is 0 Å².